The van der Waals surface area contributed by atoms with Crippen LogP contribution < -0.4 is 0 Å². The molecule has 1 aromatic rings. The summed E-state index contributed by atoms with van der Waals surface area (Å²) < 4.78 is 0. The quantitative estimate of drug-likeness (QED) is 0.630. The second-order valence-electron chi connectivity index (χ2n) is 2.82. The van der Waals surface area contributed by atoms with Gasteiger partial charge in [0.15, 0.2) is 0 Å². The number of benzene rings is 1. The van der Waals surface area contributed by atoms with Gasteiger partial charge in [-0.3, -0.25) is 14.9 Å². The summed E-state index contributed by atoms with van der Waals surface area (Å²) in [7, 11) is 0. The second-order valence-corrected chi connectivity index (χ2v) is 2.82. The van der Waals surface area contributed by atoms with Crippen LogP contribution in [0.2, 0.25) is 0 Å². The molecule has 5 nitrogen and oxygen atoms in total. The fourth-order valence-electron chi connectivity index (χ4n) is 1.04. The fraction of sp³-hybridized carbons (Fsp3) is 0.364. The van der Waals surface area contributed by atoms with Crippen molar-refractivity contribution in [2.24, 2.45) is 0 Å². The zero-order chi connectivity index (χ0) is 12.6. The third-order valence-corrected chi connectivity index (χ3v) is 1.77. The number of aliphatic carboxylic acids is 1. The molecule has 88 valence electrons. The first-order valence-corrected chi connectivity index (χ1v) is 5.04. The van der Waals surface area contributed by atoms with Gasteiger partial charge in [-0.05, 0) is 12.0 Å². The summed E-state index contributed by atoms with van der Waals surface area (Å²) in [6.07, 6.45) is 0.436. The summed E-state index contributed by atoms with van der Waals surface area (Å²) in [5.41, 5.74) is 0.807. The molecule has 0 saturated carbocycles. The maximum Gasteiger partial charge on any atom is 0.303 e. The minimum Gasteiger partial charge on any atom is -0.481 e. The van der Waals surface area contributed by atoms with Crippen molar-refractivity contribution in [3.63, 3.8) is 0 Å². The van der Waals surface area contributed by atoms with E-state index in [1.54, 1.807) is 12.1 Å². The Balaban J connectivity index is 0.00000106. The number of hydrogen-bond donors (Lipinski definition) is 1. The highest BCUT2D eigenvalue weighted by molar-refractivity contribution is 5.67. The van der Waals surface area contributed by atoms with Crippen LogP contribution in [0.25, 0.3) is 0 Å². The molecule has 0 aliphatic heterocycles. The topological polar surface area (TPSA) is 80.4 Å². The molecule has 0 saturated heterocycles. The van der Waals surface area contributed by atoms with Crippen molar-refractivity contribution in [1.82, 2.24) is 0 Å². The molecule has 0 spiro atoms. The van der Waals surface area contributed by atoms with E-state index in [0.717, 1.165) is 5.56 Å². The van der Waals surface area contributed by atoms with Crippen molar-refractivity contribution >= 4 is 11.7 Å². The molecule has 0 aromatic heterocycles. The van der Waals surface area contributed by atoms with Gasteiger partial charge in [0.1, 0.15) is 0 Å². The standard InChI is InChI=1S/C9H9NO4.C2H6/c11-9(12)6-3-7-1-4-8(5-2-7)10(13)14;1-2/h1-2,4-5H,3,6H2,(H,11,12);1-2H3. The maximum atomic E-state index is 10.3. The molecular weight excluding hydrogens is 210 g/mol. The molecule has 16 heavy (non-hydrogen) atoms. The highest BCUT2D eigenvalue weighted by Crippen LogP contribution is 2.12. The summed E-state index contributed by atoms with van der Waals surface area (Å²) in [5.74, 6) is -0.872. The third-order valence-electron chi connectivity index (χ3n) is 1.77. The number of aryl methyl sites for hydroxylation is 1. The molecule has 0 fully saturated rings. The molecular formula is C11H15NO4. The Morgan fingerprint density at radius 3 is 2.19 bits per heavy atom. The van der Waals surface area contributed by atoms with E-state index in [2.05, 4.69) is 0 Å². The van der Waals surface area contributed by atoms with Crippen LogP contribution >= 0.6 is 0 Å². The average molecular weight is 225 g/mol. The number of nitro benzene ring substituents is 1. The Kier molecular flexibility index (Phi) is 6.51. The van der Waals surface area contributed by atoms with E-state index < -0.39 is 10.9 Å². The van der Waals surface area contributed by atoms with Crippen LogP contribution in [0.1, 0.15) is 25.8 Å². The van der Waals surface area contributed by atoms with E-state index in [9.17, 15) is 14.9 Å². The predicted molar refractivity (Wildman–Crippen MR) is 60.4 cm³/mol. The first-order chi connectivity index (χ1) is 7.59. The van der Waals surface area contributed by atoms with Crippen LogP contribution in [0.4, 0.5) is 5.69 Å². The molecule has 0 aliphatic rings. The average Bonchev–Trinajstić information content (AvgIpc) is 2.29. The molecule has 0 amide bonds. The molecule has 5 heteroatoms. The van der Waals surface area contributed by atoms with Crippen molar-refractivity contribution in [3.05, 3.63) is 39.9 Å². The van der Waals surface area contributed by atoms with Crippen LogP contribution in [0.5, 0.6) is 0 Å². The molecule has 1 aromatic carbocycles. The summed E-state index contributed by atoms with van der Waals surface area (Å²) in [6.45, 7) is 4.00. The first kappa shape index (κ1) is 14.1. The zero-order valence-corrected chi connectivity index (χ0v) is 9.34. The Morgan fingerprint density at radius 2 is 1.81 bits per heavy atom. The largest absolute Gasteiger partial charge is 0.481 e. The highest BCUT2D eigenvalue weighted by Gasteiger charge is 2.04. The van der Waals surface area contributed by atoms with Crippen molar-refractivity contribution in [3.8, 4) is 0 Å². The van der Waals surface area contributed by atoms with E-state index in [1.165, 1.54) is 12.1 Å². The minimum absolute atomic E-state index is 0.0177. The van der Waals surface area contributed by atoms with Crippen LogP contribution in [0.3, 0.4) is 0 Å². The van der Waals surface area contributed by atoms with Gasteiger partial charge in [0.2, 0.25) is 0 Å². The minimum atomic E-state index is -0.872. The Morgan fingerprint density at radius 1 is 1.31 bits per heavy atom. The van der Waals surface area contributed by atoms with Crippen molar-refractivity contribution in [2.45, 2.75) is 26.7 Å². The van der Waals surface area contributed by atoms with E-state index in [4.69, 9.17) is 5.11 Å². The number of carboxylic acids is 1. The molecule has 1 N–H and O–H groups in total. The Labute approximate surface area is 93.9 Å². The fourth-order valence-corrected chi connectivity index (χ4v) is 1.04. The number of nitrogens with zero attached hydrogens (tertiary/aromatic N) is 1. The lowest BCUT2D eigenvalue weighted by Crippen LogP contribution is -1.97. The van der Waals surface area contributed by atoms with E-state index >= 15 is 0 Å². The number of rotatable bonds is 4. The van der Waals surface area contributed by atoms with Gasteiger partial charge in [0, 0.05) is 18.6 Å². The number of nitro groups is 1. The lowest BCUT2D eigenvalue weighted by atomic mass is 10.1. The summed E-state index contributed by atoms with van der Waals surface area (Å²) >= 11 is 0. The van der Waals surface area contributed by atoms with Gasteiger partial charge in [0.25, 0.3) is 5.69 Å². The predicted octanol–water partition coefficient (Wildman–Crippen LogP) is 2.64. The van der Waals surface area contributed by atoms with Crippen molar-refractivity contribution in [2.75, 3.05) is 0 Å². The molecule has 0 radical (unpaired) electrons. The van der Waals surface area contributed by atoms with Gasteiger partial charge in [0.05, 0.1) is 4.92 Å². The lowest BCUT2D eigenvalue weighted by Gasteiger charge is -1.97. The number of non-ortho nitro benzene ring substituents is 1. The van der Waals surface area contributed by atoms with Gasteiger partial charge in [-0.2, -0.15) is 0 Å². The second kappa shape index (κ2) is 7.39. The van der Waals surface area contributed by atoms with Gasteiger partial charge >= 0.3 is 5.97 Å². The molecule has 0 bridgehead atoms. The van der Waals surface area contributed by atoms with Gasteiger partial charge in [-0.15, -0.1) is 0 Å². The third kappa shape index (κ3) is 5.09. The molecule has 0 unspecified atom stereocenters. The van der Waals surface area contributed by atoms with Crippen LogP contribution in [0, 0.1) is 10.1 Å². The van der Waals surface area contributed by atoms with Gasteiger partial charge in [-0.1, -0.05) is 26.0 Å². The SMILES string of the molecule is CC.O=C(O)CCc1ccc([N+](=O)[O-])cc1. The number of hydrogen-bond acceptors (Lipinski definition) is 3. The lowest BCUT2D eigenvalue weighted by molar-refractivity contribution is -0.384. The summed E-state index contributed by atoms with van der Waals surface area (Å²) in [5, 5.41) is 18.7. The molecule has 1 rings (SSSR count). The van der Waals surface area contributed by atoms with Crippen LogP contribution in [-0.4, -0.2) is 16.0 Å². The summed E-state index contributed by atoms with van der Waals surface area (Å²) in [6, 6.07) is 5.89. The van der Waals surface area contributed by atoms with Gasteiger partial charge < -0.3 is 5.11 Å². The maximum absolute atomic E-state index is 10.3. The van der Waals surface area contributed by atoms with Crippen LogP contribution in [0.15, 0.2) is 24.3 Å². The molecule has 0 heterocycles. The molecule has 0 aliphatic carbocycles. The number of carboxylic acid groups (broad SMARTS) is 1. The smallest absolute Gasteiger partial charge is 0.303 e. The van der Waals surface area contributed by atoms with E-state index in [0.29, 0.717) is 6.42 Å². The van der Waals surface area contributed by atoms with E-state index in [1.807, 2.05) is 13.8 Å². The number of carbonyl (C=O) groups is 1. The van der Waals surface area contributed by atoms with Crippen molar-refractivity contribution < 1.29 is 14.8 Å². The zero-order valence-electron chi connectivity index (χ0n) is 9.34. The van der Waals surface area contributed by atoms with Gasteiger partial charge in [-0.25, -0.2) is 0 Å². The van der Waals surface area contributed by atoms with Crippen molar-refractivity contribution in [1.29, 1.82) is 0 Å². The normalized spacial score (nSPS) is 8.88. The highest BCUT2D eigenvalue weighted by atomic mass is 16.6. The Bertz CT molecular complexity index is 346. The monoisotopic (exact) mass is 225 g/mol. The molecule has 0 atom stereocenters. The Hall–Kier alpha value is -1.91. The van der Waals surface area contributed by atoms with Crippen LogP contribution in [-0.2, 0) is 11.2 Å². The van der Waals surface area contributed by atoms with E-state index in [-0.39, 0.29) is 12.1 Å². The first-order valence-electron chi connectivity index (χ1n) is 5.04. The summed E-state index contributed by atoms with van der Waals surface area (Å²) in [4.78, 5) is 20.0.